The highest BCUT2D eigenvalue weighted by Crippen LogP contribution is 2.39. The molecule has 0 aromatic heterocycles. The van der Waals surface area contributed by atoms with Crippen molar-refractivity contribution in [2.75, 3.05) is 0 Å². The van der Waals surface area contributed by atoms with Crippen LogP contribution >= 0.6 is 0 Å². The minimum absolute atomic E-state index is 0.0953. The number of amides is 1. The van der Waals surface area contributed by atoms with Crippen molar-refractivity contribution in [2.24, 2.45) is 0 Å². The topological polar surface area (TPSA) is 75.6 Å². The summed E-state index contributed by atoms with van der Waals surface area (Å²) < 4.78 is 5.95. The van der Waals surface area contributed by atoms with Crippen LogP contribution in [0.2, 0.25) is 0 Å². The van der Waals surface area contributed by atoms with Crippen LogP contribution in [0.25, 0.3) is 0 Å². The molecule has 5 aromatic carbocycles. The summed E-state index contributed by atoms with van der Waals surface area (Å²) >= 11 is 0. The normalized spacial score (nSPS) is 11.8. The van der Waals surface area contributed by atoms with E-state index >= 15 is 0 Å². The fraction of sp³-hybridized carbons (Fsp3) is 0.111. The van der Waals surface area contributed by atoms with E-state index < -0.39 is 23.3 Å². The van der Waals surface area contributed by atoms with E-state index in [0.717, 1.165) is 27.8 Å². The Balaban J connectivity index is 1.47. The first-order chi connectivity index (χ1) is 20.1. The highest BCUT2D eigenvalue weighted by atomic mass is 16.5. The highest BCUT2D eigenvalue weighted by molar-refractivity contribution is 5.98. The quantitative estimate of drug-likeness (QED) is 0.190. The number of nitrogens with one attached hydrogen (secondary N) is 1. The van der Waals surface area contributed by atoms with Crippen LogP contribution < -0.4 is 10.1 Å². The number of carbonyl (C=O) groups excluding carboxylic acids is 1. The van der Waals surface area contributed by atoms with Gasteiger partial charge in [-0.3, -0.25) is 4.79 Å². The van der Waals surface area contributed by atoms with E-state index in [1.807, 2.05) is 146 Å². The second-order valence-electron chi connectivity index (χ2n) is 9.84. The zero-order valence-electron chi connectivity index (χ0n) is 22.5. The molecule has 0 radical (unpaired) electrons. The summed E-state index contributed by atoms with van der Waals surface area (Å²) in [6.07, 6.45) is 0.0953. The minimum Gasteiger partial charge on any atom is -0.489 e. The number of benzene rings is 5. The molecule has 5 nitrogen and oxygen atoms in total. The van der Waals surface area contributed by atoms with Crippen molar-refractivity contribution in [3.05, 3.63) is 173 Å². The van der Waals surface area contributed by atoms with Gasteiger partial charge in [-0.05, 0) is 39.9 Å². The summed E-state index contributed by atoms with van der Waals surface area (Å²) in [5.41, 5.74) is 2.75. The molecule has 5 aromatic rings. The van der Waals surface area contributed by atoms with Gasteiger partial charge in [-0.1, -0.05) is 133 Å². The van der Waals surface area contributed by atoms with Gasteiger partial charge in [0.15, 0.2) is 0 Å². The number of carboxylic acid groups (broad SMARTS) is 1. The molecule has 5 heteroatoms. The summed E-state index contributed by atoms with van der Waals surface area (Å²) in [5.74, 6) is -0.893. The minimum atomic E-state index is -1.27. The maximum atomic E-state index is 14.5. The first-order valence-corrected chi connectivity index (χ1v) is 13.5. The second-order valence-corrected chi connectivity index (χ2v) is 9.84. The number of hydrogen-bond acceptors (Lipinski definition) is 3. The van der Waals surface area contributed by atoms with Crippen molar-refractivity contribution in [3.8, 4) is 5.75 Å². The fourth-order valence-corrected chi connectivity index (χ4v) is 5.16. The molecule has 0 heterocycles. The van der Waals surface area contributed by atoms with Gasteiger partial charge < -0.3 is 15.2 Å². The lowest BCUT2D eigenvalue weighted by atomic mass is 9.68. The maximum absolute atomic E-state index is 14.5. The third-order valence-corrected chi connectivity index (χ3v) is 7.15. The van der Waals surface area contributed by atoms with Crippen molar-refractivity contribution >= 4 is 11.9 Å². The van der Waals surface area contributed by atoms with E-state index in [4.69, 9.17) is 4.74 Å². The van der Waals surface area contributed by atoms with Gasteiger partial charge in [0.05, 0.1) is 0 Å². The van der Waals surface area contributed by atoms with E-state index in [-0.39, 0.29) is 6.42 Å². The van der Waals surface area contributed by atoms with Gasteiger partial charge in [0.25, 0.3) is 0 Å². The molecule has 0 saturated carbocycles. The zero-order chi connectivity index (χ0) is 28.5. The molecule has 0 aliphatic rings. The molecule has 0 unspecified atom stereocenters. The summed E-state index contributed by atoms with van der Waals surface area (Å²) in [6.45, 7) is 0.400. The first-order valence-electron chi connectivity index (χ1n) is 13.5. The first kappa shape index (κ1) is 27.4. The largest absolute Gasteiger partial charge is 0.489 e. The molecule has 0 fully saturated rings. The van der Waals surface area contributed by atoms with Gasteiger partial charge in [-0.25, -0.2) is 4.79 Å². The number of aliphatic carboxylic acids is 1. The Morgan fingerprint density at radius 3 is 1.59 bits per heavy atom. The van der Waals surface area contributed by atoms with Gasteiger partial charge in [-0.15, -0.1) is 0 Å². The van der Waals surface area contributed by atoms with E-state index in [1.165, 1.54) is 0 Å². The Morgan fingerprint density at radius 1 is 0.634 bits per heavy atom. The highest BCUT2D eigenvalue weighted by Gasteiger charge is 2.45. The van der Waals surface area contributed by atoms with Crippen molar-refractivity contribution < 1.29 is 19.4 Å². The number of hydrogen-bond donors (Lipinski definition) is 2. The maximum Gasteiger partial charge on any atom is 0.326 e. The van der Waals surface area contributed by atoms with Crippen molar-refractivity contribution in [1.82, 2.24) is 5.32 Å². The standard InChI is InChI=1S/C36H31NO4/c38-34(39)33(25-28-16-13-23-32(24-28)41-26-27-14-5-1-6-15-27)37-35(40)36(29-17-7-2-8-18-29,30-19-9-3-10-20-30)31-21-11-4-12-22-31/h1-24,33H,25-26H2,(H,37,40)(H,38,39)/t33-/m1/s1. The number of ether oxygens (including phenoxy) is 1. The summed E-state index contributed by atoms with van der Waals surface area (Å²) in [6, 6.07) is 44.5. The molecule has 0 aliphatic heterocycles. The molecule has 5 rings (SSSR count). The van der Waals surface area contributed by atoms with E-state index in [2.05, 4.69) is 5.32 Å². The molecular weight excluding hydrogens is 510 g/mol. The van der Waals surface area contributed by atoms with E-state index in [1.54, 1.807) is 0 Å². The Kier molecular flexibility index (Phi) is 8.55. The average Bonchev–Trinajstić information content (AvgIpc) is 3.02. The molecule has 0 saturated heterocycles. The molecule has 1 atom stereocenters. The van der Waals surface area contributed by atoms with Crippen molar-refractivity contribution in [1.29, 1.82) is 0 Å². The Morgan fingerprint density at radius 2 is 1.10 bits per heavy atom. The molecule has 204 valence electrons. The summed E-state index contributed by atoms with van der Waals surface area (Å²) in [7, 11) is 0. The van der Waals surface area contributed by atoms with Crippen LogP contribution in [0.4, 0.5) is 0 Å². The third-order valence-electron chi connectivity index (χ3n) is 7.15. The lowest BCUT2D eigenvalue weighted by molar-refractivity contribution is -0.142. The van der Waals surface area contributed by atoms with Crippen LogP contribution in [0, 0.1) is 0 Å². The van der Waals surface area contributed by atoms with Crippen molar-refractivity contribution in [3.63, 3.8) is 0 Å². The van der Waals surface area contributed by atoms with Gasteiger partial charge >= 0.3 is 5.97 Å². The Bertz CT molecular complexity index is 1480. The molecule has 0 bridgehead atoms. The molecular formula is C36H31NO4. The SMILES string of the molecule is O=C(O)[C@@H](Cc1cccc(OCc2ccccc2)c1)NC(=O)C(c1ccccc1)(c1ccccc1)c1ccccc1. The third kappa shape index (κ3) is 6.20. The molecule has 0 spiro atoms. The van der Waals surface area contributed by atoms with Crippen molar-refractivity contribution in [2.45, 2.75) is 24.5 Å². The van der Waals surface area contributed by atoms with Crippen LogP contribution in [0.1, 0.15) is 27.8 Å². The fourth-order valence-electron chi connectivity index (χ4n) is 5.16. The molecule has 2 N–H and O–H groups in total. The van der Waals surface area contributed by atoms with Crippen LogP contribution in [0.15, 0.2) is 146 Å². The average molecular weight is 542 g/mol. The lowest BCUT2D eigenvalue weighted by Crippen LogP contribution is -2.52. The molecule has 0 aliphatic carbocycles. The van der Waals surface area contributed by atoms with Crippen LogP contribution in [0.3, 0.4) is 0 Å². The smallest absolute Gasteiger partial charge is 0.326 e. The lowest BCUT2D eigenvalue weighted by Gasteiger charge is -2.35. The monoisotopic (exact) mass is 541 g/mol. The zero-order valence-corrected chi connectivity index (χ0v) is 22.5. The van der Waals surface area contributed by atoms with E-state index in [0.29, 0.717) is 12.4 Å². The number of carboxylic acids is 1. The predicted octanol–water partition coefficient (Wildman–Crippen LogP) is 6.41. The van der Waals surface area contributed by atoms with Crippen LogP contribution in [0.5, 0.6) is 5.75 Å². The number of carbonyl (C=O) groups is 2. The number of rotatable bonds is 11. The summed E-state index contributed by atoms with van der Waals surface area (Å²) in [5, 5.41) is 13.1. The molecule has 41 heavy (non-hydrogen) atoms. The summed E-state index contributed by atoms with van der Waals surface area (Å²) in [4.78, 5) is 27.0. The van der Waals surface area contributed by atoms with Crippen LogP contribution in [-0.4, -0.2) is 23.0 Å². The Labute approximate surface area is 240 Å². The van der Waals surface area contributed by atoms with Gasteiger partial charge in [-0.2, -0.15) is 0 Å². The molecule has 1 amide bonds. The predicted molar refractivity (Wildman–Crippen MR) is 160 cm³/mol. The second kappa shape index (κ2) is 12.8. The van der Waals surface area contributed by atoms with Crippen LogP contribution in [-0.2, 0) is 28.0 Å². The van der Waals surface area contributed by atoms with Gasteiger partial charge in [0, 0.05) is 6.42 Å². The van der Waals surface area contributed by atoms with Gasteiger partial charge in [0.1, 0.15) is 23.8 Å². The van der Waals surface area contributed by atoms with E-state index in [9.17, 15) is 14.7 Å². The Hall–Kier alpha value is -5.16. The van der Waals surface area contributed by atoms with Gasteiger partial charge in [0.2, 0.25) is 5.91 Å².